The highest BCUT2D eigenvalue weighted by Gasteiger charge is 2.60. The first kappa shape index (κ1) is 17.2. The van der Waals surface area contributed by atoms with Crippen molar-refractivity contribution in [2.24, 2.45) is 0 Å². The SMILES string of the molecule is CC[C@]12COC(C1O)[C@H](n1cnc3c(NC(=O)c4ccccc4)ncnc31)O2. The summed E-state index contributed by atoms with van der Waals surface area (Å²) in [6, 6.07) is 8.87. The molecule has 2 unspecified atom stereocenters. The second-order valence-electron chi connectivity index (χ2n) is 7.01. The third kappa shape index (κ3) is 2.44. The van der Waals surface area contributed by atoms with Crippen molar-refractivity contribution >= 4 is 22.9 Å². The molecular formula is C19H19N5O4. The van der Waals surface area contributed by atoms with Crippen molar-refractivity contribution in [2.45, 2.75) is 37.4 Å². The standard InChI is InChI=1S/C19H19N5O4/c1-2-19-8-27-13(14(19)25)18(28-19)24-10-22-12-15(20-9-21-16(12)24)23-17(26)11-6-4-3-5-7-11/h3-7,9-10,13-14,18,25H,2,8H2,1H3,(H,20,21,23,26)/t13?,14?,18-,19+/m1/s1. The summed E-state index contributed by atoms with van der Waals surface area (Å²) in [5.41, 5.74) is 0.756. The number of benzene rings is 1. The Labute approximate surface area is 160 Å². The molecule has 1 aromatic carbocycles. The molecule has 9 heteroatoms. The Morgan fingerprint density at radius 3 is 2.89 bits per heavy atom. The molecular weight excluding hydrogens is 362 g/mol. The van der Waals surface area contributed by atoms with Crippen LogP contribution in [-0.4, -0.2) is 54.9 Å². The number of aromatic nitrogens is 4. The van der Waals surface area contributed by atoms with Gasteiger partial charge in [-0.3, -0.25) is 9.36 Å². The van der Waals surface area contributed by atoms with Crippen molar-refractivity contribution in [3.8, 4) is 0 Å². The van der Waals surface area contributed by atoms with E-state index in [1.807, 2.05) is 13.0 Å². The molecule has 144 valence electrons. The third-order valence-corrected chi connectivity index (χ3v) is 5.51. The fourth-order valence-corrected chi connectivity index (χ4v) is 3.87. The van der Waals surface area contributed by atoms with Crippen LogP contribution in [0.3, 0.4) is 0 Å². The predicted molar refractivity (Wildman–Crippen MR) is 98.6 cm³/mol. The van der Waals surface area contributed by atoms with Crippen LogP contribution in [0.5, 0.6) is 0 Å². The Morgan fingerprint density at radius 1 is 1.32 bits per heavy atom. The van der Waals surface area contributed by atoms with E-state index < -0.39 is 24.0 Å². The number of ether oxygens (including phenoxy) is 2. The average molecular weight is 381 g/mol. The largest absolute Gasteiger partial charge is 0.387 e. The molecule has 28 heavy (non-hydrogen) atoms. The number of amides is 1. The normalized spacial score (nSPS) is 28.7. The van der Waals surface area contributed by atoms with Crippen molar-refractivity contribution < 1.29 is 19.4 Å². The van der Waals surface area contributed by atoms with Gasteiger partial charge in [0.25, 0.3) is 5.91 Å². The molecule has 4 heterocycles. The molecule has 5 rings (SSSR count). The van der Waals surface area contributed by atoms with E-state index in [1.54, 1.807) is 35.2 Å². The second kappa shape index (κ2) is 6.33. The van der Waals surface area contributed by atoms with Crippen LogP contribution in [-0.2, 0) is 9.47 Å². The van der Waals surface area contributed by atoms with Gasteiger partial charge in [-0.1, -0.05) is 25.1 Å². The number of rotatable bonds is 4. The van der Waals surface area contributed by atoms with Gasteiger partial charge < -0.3 is 19.9 Å². The van der Waals surface area contributed by atoms with Crippen molar-refractivity contribution in [2.75, 3.05) is 11.9 Å². The van der Waals surface area contributed by atoms with Gasteiger partial charge in [0.2, 0.25) is 0 Å². The Bertz CT molecular complexity index is 1040. The van der Waals surface area contributed by atoms with Crippen LogP contribution >= 0.6 is 0 Å². The number of fused-ring (bicyclic) bond motifs is 3. The van der Waals surface area contributed by atoms with Gasteiger partial charge in [0.05, 0.1) is 12.9 Å². The quantitative estimate of drug-likeness (QED) is 0.705. The summed E-state index contributed by atoms with van der Waals surface area (Å²) in [6.45, 7) is 2.33. The van der Waals surface area contributed by atoms with E-state index in [-0.39, 0.29) is 5.91 Å². The molecule has 2 fully saturated rings. The average Bonchev–Trinajstić information content (AvgIpc) is 3.39. The topological polar surface area (TPSA) is 111 Å². The number of aliphatic hydroxyl groups excluding tert-OH is 1. The van der Waals surface area contributed by atoms with E-state index >= 15 is 0 Å². The minimum Gasteiger partial charge on any atom is -0.387 e. The molecule has 2 aromatic heterocycles. The Morgan fingerprint density at radius 2 is 2.14 bits per heavy atom. The number of anilines is 1. The van der Waals surface area contributed by atoms with E-state index in [9.17, 15) is 9.90 Å². The summed E-state index contributed by atoms with van der Waals surface area (Å²) >= 11 is 0. The maximum absolute atomic E-state index is 12.5. The first-order chi connectivity index (χ1) is 13.6. The van der Waals surface area contributed by atoms with Crippen LogP contribution in [0.25, 0.3) is 11.2 Å². The molecule has 4 atom stereocenters. The summed E-state index contributed by atoms with van der Waals surface area (Å²) < 4.78 is 13.6. The smallest absolute Gasteiger partial charge is 0.256 e. The molecule has 0 radical (unpaired) electrons. The number of aliphatic hydroxyl groups is 1. The minimum atomic E-state index is -0.709. The van der Waals surface area contributed by atoms with Crippen LogP contribution in [0.1, 0.15) is 29.9 Å². The summed E-state index contributed by atoms with van der Waals surface area (Å²) in [7, 11) is 0. The Balaban J connectivity index is 1.48. The van der Waals surface area contributed by atoms with Crippen LogP contribution < -0.4 is 5.32 Å². The molecule has 2 aliphatic rings. The van der Waals surface area contributed by atoms with Crippen LogP contribution in [0.4, 0.5) is 5.82 Å². The summed E-state index contributed by atoms with van der Waals surface area (Å²) in [5, 5.41) is 13.3. The molecule has 3 aromatic rings. The lowest BCUT2D eigenvalue weighted by Crippen LogP contribution is -2.39. The number of nitrogens with zero attached hydrogens (tertiary/aromatic N) is 4. The van der Waals surface area contributed by atoms with Gasteiger partial charge in [-0.15, -0.1) is 0 Å². The highest BCUT2D eigenvalue weighted by atomic mass is 16.6. The van der Waals surface area contributed by atoms with E-state index in [2.05, 4.69) is 20.3 Å². The minimum absolute atomic E-state index is 0.282. The van der Waals surface area contributed by atoms with Gasteiger partial charge in [0, 0.05) is 5.56 Å². The van der Waals surface area contributed by atoms with E-state index in [0.29, 0.717) is 35.6 Å². The fourth-order valence-electron chi connectivity index (χ4n) is 3.87. The Hall–Kier alpha value is -2.88. The molecule has 2 N–H and O–H groups in total. The molecule has 0 saturated carbocycles. The van der Waals surface area contributed by atoms with Gasteiger partial charge in [0.1, 0.15) is 24.1 Å². The third-order valence-electron chi connectivity index (χ3n) is 5.51. The zero-order valence-electron chi connectivity index (χ0n) is 15.1. The number of carbonyl (C=O) groups excluding carboxylic acids is 1. The van der Waals surface area contributed by atoms with Crippen LogP contribution in [0.2, 0.25) is 0 Å². The lowest BCUT2D eigenvalue weighted by Gasteiger charge is -2.30. The van der Waals surface area contributed by atoms with Crippen LogP contribution in [0.15, 0.2) is 43.0 Å². The number of nitrogens with one attached hydrogen (secondary N) is 1. The van der Waals surface area contributed by atoms with E-state index in [0.717, 1.165) is 0 Å². The second-order valence-corrected chi connectivity index (χ2v) is 7.01. The van der Waals surface area contributed by atoms with Gasteiger partial charge in [-0.2, -0.15) is 0 Å². The monoisotopic (exact) mass is 381 g/mol. The van der Waals surface area contributed by atoms with Gasteiger partial charge >= 0.3 is 0 Å². The van der Waals surface area contributed by atoms with Crippen molar-refractivity contribution in [1.29, 1.82) is 0 Å². The maximum atomic E-state index is 12.5. The van der Waals surface area contributed by atoms with Crippen molar-refractivity contribution in [3.05, 3.63) is 48.5 Å². The molecule has 2 saturated heterocycles. The molecule has 2 bridgehead atoms. The zero-order chi connectivity index (χ0) is 19.3. The maximum Gasteiger partial charge on any atom is 0.256 e. The summed E-state index contributed by atoms with van der Waals surface area (Å²) in [6.07, 6.45) is 1.83. The zero-order valence-corrected chi connectivity index (χ0v) is 15.1. The van der Waals surface area contributed by atoms with Gasteiger partial charge in [-0.05, 0) is 18.6 Å². The number of hydrogen-bond donors (Lipinski definition) is 2. The first-order valence-corrected chi connectivity index (χ1v) is 9.14. The molecule has 0 spiro atoms. The predicted octanol–water partition coefficient (Wildman–Crippen LogP) is 1.52. The first-order valence-electron chi connectivity index (χ1n) is 9.14. The van der Waals surface area contributed by atoms with Crippen molar-refractivity contribution in [3.63, 3.8) is 0 Å². The number of imidazole rings is 1. The molecule has 9 nitrogen and oxygen atoms in total. The lowest BCUT2D eigenvalue weighted by atomic mass is 9.96. The van der Waals surface area contributed by atoms with E-state index in [1.165, 1.54) is 6.33 Å². The van der Waals surface area contributed by atoms with Crippen LogP contribution in [0, 0.1) is 0 Å². The summed E-state index contributed by atoms with van der Waals surface area (Å²) in [5.74, 6) is 0.0300. The molecule has 2 aliphatic heterocycles. The van der Waals surface area contributed by atoms with Gasteiger partial charge in [0.15, 0.2) is 23.2 Å². The molecule has 0 aliphatic carbocycles. The fraction of sp³-hybridized carbons (Fsp3) is 0.368. The van der Waals surface area contributed by atoms with Gasteiger partial charge in [-0.25, -0.2) is 15.0 Å². The summed E-state index contributed by atoms with van der Waals surface area (Å²) in [4.78, 5) is 25.3. The number of carbonyl (C=O) groups is 1. The highest BCUT2D eigenvalue weighted by molar-refractivity contribution is 6.06. The highest BCUT2D eigenvalue weighted by Crippen LogP contribution is 2.47. The lowest BCUT2D eigenvalue weighted by molar-refractivity contribution is -0.173. The number of hydrogen-bond acceptors (Lipinski definition) is 7. The van der Waals surface area contributed by atoms with Crippen molar-refractivity contribution in [1.82, 2.24) is 19.5 Å². The van der Waals surface area contributed by atoms with E-state index in [4.69, 9.17) is 9.47 Å². The molecule has 1 amide bonds. The Kier molecular flexibility index (Phi) is 3.90.